The molecule has 0 bridgehead atoms. The van der Waals surface area contributed by atoms with E-state index in [1.54, 1.807) is 0 Å². The zero-order valence-corrected chi connectivity index (χ0v) is 11.3. The highest BCUT2D eigenvalue weighted by Gasteiger charge is 2.18. The van der Waals surface area contributed by atoms with Crippen molar-refractivity contribution in [2.24, 2.45) is 0 Å². The van der Waals surface area contributed by atoms with Gasteiger partial charge >= 0.3 is 0 Å². The van der Waals surface area contributed by atoms with Gasteiger partial charge in [-0.2, -0.15) is 11.8 Å². The average molecular weight is 232 g/mol. The number of thioether (sulfide) groups is 1. The van der Waals surface area contributed by atoms with Gasteiger partial charge < -0.3 is 10.6 Å². The first-order valence-corrected chi connectivity index (χ1v) is 6.65. The molecule has 1 atom stereocenters. The van der Waals surface area contributed by atoms with Crippen molar-refractivity contribution in [1.82, 2.24) is 10.6 Å². The first-order chi connectivity index (χ1) is 6.87. The van der Waals surface area contributed by atoms with E-state index in [2.05, 4.69) is 17.6 Å². The predicted molar refractivity (Wildman–Crippen MR) is 68.4 cm³/mol. The van der Waals surface area contributed by atoms with E-state index in [1.165, 1.54) is 0 Å². The molecule has 0 radical (unpaired) electrons. The maximum atomic E-state index is 11.6. The molecule has 4 heteroatoms. The maximum Gasteiger partial charge on any atom is 0.237 e. The lowest BCUT2D eigenvalue weighted by molar-refractivity contribution is -0.124. The van der Waals surface area contributed by atoms with Crippen LogP contribution < -0.4 is 10.6 Å². The fourth-order valence-electron chi connectivity index (χ4n) is 1.06. The molecule has 90 valence electrons. The average Bonchev–Trinajstić information content (AvgIpc) is 2.09. The van der Waals surface area contributed by atoms with E-state index in [9.17, 15) is 4.79 Å². The summed E-state index contributed by atoms with van der Waals surface area (Å²) < 4.78 is 0. The molecule has 0 aromatic heterocycles. The van der Waals surface area contributed by atoms with Gasteiger partial charge in [0.15, 0.2) is 0 Å². The van der Waals surface area contributed by atoms with Crippen LogP contribution in [0.5, 0.6) is 0 Å². The summed E-state index contributed by atoms with van der Waals surface area (Å²) in [6.07, 6.45) is 0. The molecular weight excluding hydrogens is 208 g/mol. The first-order valence-electron chi connectivity index (χ1n) is 5.50. The predicted octanol–water partition coefficient (Wildman–Crippen LogP) is 1.63. The van der Waals surface area contributed by atoms with Crippen molar-refractivity contribution in [3.05, 3.63) is 0 Å². The standard InChI is InChI=1S/C11H24N2OS/c1-6-15-8-7-12-9(2)10(14)13-11(3,4)5/h9,12H,6-8H2,1-5H3,(H,13,14). The summed E-state index contributed by atoms with van der Waals surface area (Å²) in [5, 5.41) is 6.16. The number of rotatable bonds is 6. The lowest BCUT2D eigenvalue weighted by atomic mass is 10.1. The van der Waals surface area contributed by atoms with Crippen LogP contribution in [0.4, 0.5) is 0 Å². The summed E-state index contributed by atoms with van der Waals surface area (Å²) >= 11 is 1.88. The molecule has 15 heavy (non-hydrogen) atoms. The van der Waals surface area contributed by atoms with Crippen LogP contribution in [0.1, 0.15) is 34.6 Å². The molecule has 0 aromatic carbocycles. The number of hydrogen-bond donors (Lipinski definition) is 2. The highest BCUT2D eigenvalue weighted by atomic mass is 32.2. The summed E-state index contributed by atoms with van der Waals surface area (Å²) in [6, 6.07) is -0.110. The van der Waals surface area contributed by atoms with Crippen molar-refractivity contribution in [3.8, 4) is 0 Å². The van der Waals surface area contributed by atoms with Crippen molar-refractivity contribution in [1.29, 1.82) is 0 Å². The molecule has 1 unspecified atom stereocenters. The van der Waals surface area contributed by atoms with Crippen LogP contribution in [0.3, 0.4) is 0 Å². The lowest BCUT2D eigenvalue weighted by Gasteiger charge is -2.23. The Hall–Kier alpha value is -0.220. The van der Waals surface area contributed by atoms with Crippen LogP contribution in [0.15, 0.2) is 0 Å². The second-order valence-corrected chi connectivity index (χ2v) is 6.01. The van der Waals surface area contributed by atoms with E-state index >= 15 is 0 Å². The molecular formula is C11H24N2OS. The van der Waals surface area contributed by atoms with Crippen molar-refractivity contribution >= 4 is 17.7 Å². The first kappa shape index (κ1) is 14.8. The lowest BCUT2D eigenvalue weighted by Crippen LogP contribution is -2.49. The van der Waals surface area contributed by atoms with Gasteiger partial charge in [-0.3, -0.25) is 4.79 Å². The Bertz CT molecular complexity index is 190. The molecule has 0 spiro atoms. The van der Waals surface area contributed by atoms with Crippen molar-refractivity contribution < 1.29 is 4.79 Å². The summed E-state index contributed by atoms with van der Waals surface area (Å²) in [5.41, 5.74) is -0.148. The molecule has 0 saturated carbocycles. The molecule has 3 nitrogen and oxygen atoms in total. The number of carbonyl (C=O) groups excluding carboxylic acids is 1. The van der Waals surface area contributed by atoms with Crippen LogP contribution in [-0.2, 0) is 4.79 Å². The largest absolute Gasteiger partial charge is 0.350 e. The van der Waals surface area contributed by atoms with Crippen LogP contribution in [0.25, 0.3) is 0 Å². The van der Waals surface area contributed by atoms with E-state index in [1.807, 2.05) is 39.5 Å². The zero-order valence-electron chi connectivity index (χ0n) is 10.5. The normalized spacial score (nSPS) is 13.7. The van der Waals surface area contributed by atoms with Gasteiger partial charge in [-0.1, -0.05) is 6.92 Å². The molecule has 0 aromatic rings. The Morgan fingerprint density at radius 2 is 2.00 bits per heavy atom. The highest BCUT2D eigenvalue weighted by molar-refractivity contribution is 7.99. The minimum absolute atomic E-state index is 0.0731. The molecule has 0 aliphatic rings. The summed E-state index contributed by atoms with van der Waals surface area (Å²) in [5.74, 6) is 2.26. The maximum absolute atomic E-state index is 11.6. The number of amides is 1. The molecule has 1 amide bonds. The molecule has 0 aliphatic heterocycles. The third kappa shape index (κ3) is 8.75. The fraction of sp³-hybridized carbons (Fsp3) is 0.909. The molecule has 0 saturated heterocycles. The Morgan fingerprint density at radius 1 is 1.40 bits per heavy atom. The summed E-state index contributed by atoms with van der Waals surface area (Å²) in [4.78, 5) is 11.6. The van der Waals surface area contributed by atoms with Gasteiger partial charge in [-0.15, -0.1) is 0 Å². The molecule has 2 N–H and O–H groups in total. The smallest absolute Gasteiger partial charge is 0.237 e. The number of hydrogen-bond acceptors (Lipinski definition) is 3. The molecule has 0 aliphatic carbocycles. The van der Waals surface area contributed by atoms with Gasteiger partial charge in [0.05, 0.1) is 6.04 Å². The van der Waals surface area contributed by atoms with Crippen molar-refractivity contribution in [2.75, 3.05) is 18.1 Å². The fourth-order valence-corrected chi connectivity index (χ4v) is 1.61. The van der Waals surface area contributed by atoms with Gasteiger partial charge in [0.1, 0.15) is 0 Å². The zero-order chi connectivity index (χ0) is 11.9. The van der Waals surface area contributed by atoms with E-state index < -0.39 is 0 Å². The van der Waals surface area contributed by atoms with Crippen LogP contribution in [0.2, 0.25) is 0 Å². The van der Waals surface area contributed by atoms with Gasteiger partial charge in [-0.05, 0) is 33.4 Å². The molecule has 0 heterocycles. The summed E-state index contributed by atoms with van der Waals surface area (Å²) in [6.45, 7) is 10.9. The van der Waals surface area contributed by atoms with E-state index in [4.69, 9.17) is 0 Å². The van der Waals surface area contributed by atoms with E-state index in [-0.39, 0.29) is 17.5 Å². The summed E-state index contributed by atoms with van der Waals surface area (Å²) in [7, 11) is 0. The Labute approximate surface area is 97.8 Å². The minimum atomic E-state index is -0.148. The Kier molecular flexibility index (Phi) is 7.02. The number of carbonyl (C=O) groups is 1. The van der Waals surface area contributed by atoms with Crippen LogP contribution in [0, 0.1) is 0 Å². The third-order valence-electron chi connectivity index (χ3n) is 1.79. The SMILES string of the molecule is CCSCCNC(C)C(=O)NC(C)(C)C. The topological polar surface area (TPSA) is 41.1 Å². The van der Waals surface area contributed by atoms with E-state index in [0.717, 1.165) is 18.1 Å². The quantitative estimate of drug-likeness (QED) is 0.684. The number of nitrogens with one attached hydrogen (secondary N) is 2. The second kappa shape index (κ2) is 7.12. The van der Waals surface area contributed by atoms with Gasteiger partial charge in [0, 0.05) is 17.8 Å². The van der Waals surface area contributed by atoms with Crippen LogP contribution in [-0.4, -0.2) is 35.5 Å². The van der Waals surface area contributed by atoms with Gasteiger partial charge in [0.25, 0.3) is 0 Å². The van der Waals surface area contributed by atoms with Crippen molar-refractivity contribution in [2.45, 2.75) is 46.2 Å². The highest BCUT2D eigenvalue weighted by Crippen LogP contribution is 2.00. The minimum Gasteiger partial charge on any atom is -0.350 e. The second-order valence-electron chi connectivity index (χ2n) is 4.61. The Morgan fingerprint density at radius 3 is 2.47 bits per heavy atom. The molecule has 0 rings (SSSR count). The van der Waals surface area contributed by atoms with Crippen molar-refractivity contribution in [3.63, 3.8) is 0 Å². The molecule has 0 fully saturated rings. The van der Waals surface area contributed by atoms with Gasteiger partial charge in [-0.25, -0.2) is 0 Å². The Balaban J connectivity index is 3.70. The van der Waals surface area contributed by atoms with E-state index in [0.29, 0.717) is 0 Å². The van der Waals surface area contributed by atoms with Gasteiger partial charge in [0.2, 0.25) is 5.91 Å². The van der Waals surface area contributed by atoms with Crippen LogP contribution >= 0.6 is 11.8 Å². The third-order valence-corrected chi connectivity index (χ3v) is 2.69. The monoisotopic (exact) mass is 232 g/mol.